The molecule has 4 unspecified atom stereocenters. The second-order valence-electron chi connectivity index (χ2n) is 10.3. The van der Waals surface area contributed by atoms with Crippen molar-refractivity contribution < 1.29 is 34.4 Å². The minimum atomic E-state index is -1.11. The molecule has 0 saturated heterocycles. The third-order valence-electron chi connectivity index (χ3n) is 7.45. The Morgan fingerprint density at radius 2 is 1.92 bits per heavy atom. The number of methoxy groups -OCH3 is 1. The molecule has 0 aromatic heterocycles. The highest BCUT2D eigenvalue weighted by molar-refractivity contribution is 5.96. The van der Waals surface area contributed by atoms with Crippen LogP contribution in [0.25, 0.3) is 0 Å². The first-order valence-corrected chi connectivity index (χ1v) is 13.0. The highest BCUT2D eigenvalue weighted by atomic mass is 16.5. The molecule has 202 valence electrons. The van der Waals surface area contributed by atoms with E-state index in [1.807, 2.05) is 13.8 Å². The minimum Gasteiger partial charge on any atom is -0.493 e. The number of nitrogens with one attached hydrogen (secondary N) is 1. The predicted molar refractivity (Wildman–Crippen MR) is 137 cm³/mol. The van der Waals surface area contributed by atoms with Gasteiger partial charge in [-0.1, -0.05) is 24.8 Å². The Morgan fingerprint density at radius 3 is 2.54 bits per heavy atom. The number of amides is 2. The predicted octanol–water partition coefficient (Wildman–Crippen LogP) is 1.94. The van der Waals surface area contributed by atoms with E-state index in [0.29, 0.717) is 28.2 Å². The van der Waals surface area contributed by atoms with Crippen molar-refractivity contribution in [1.82, 2.24) is 10.2 Å². The van der Waals surface area contributed by atoms with Gasteiger partial charge in [-0.25, -0.2) is 0 Å². The fraction of sp³-hybridized carbons (Fsp3) is 0.571. The molecule has 2 amide bonds. The van der Waals surface area contributed by atoms with Crippen molar-refractivity contribution in [3.8, 4) is 11.5 Å². The number of fused-ring (bicyclic) bond motifs is 3. The zero-order valence-corrected chi connectivity index (χ0v) is 21.8. The van der Waals surface area contributed by atoms with E-state index in [0.717, 1.165) is 37.7 Å². The molecule has 9 heteroatoms. The van der Waals surface area contributed by atoms with Gasteiger partial charge in [-0.15, -0.1) is 0 Å². The molecule has 9 nitrogen and oxygen atoms in total. The van der Waals surface area contributed by atoms with Crippen molar-refractivity contribution in [2.24, 2.45) is 0 Å². The first-order valence-electron chi connectivity index (χ1n) is 13.0. The van der Waals surface area contributed by atoms with Gasteiger partial charge in [-0.3, -0.25) is 9.59 Å². The number of aliphatic hydroxyl groups excluding tert-OH is 3. The van der Waals surface area contributed by atoms with E-state index >= 15 is 0 Å². The van der Waals surface area contributed by atoms with Gasteiger partial charge in [0.25, 0.3) is 0 Å². The van der Waals surface area contributed by atoms with E-state index in [1.54, 1.807) is 29.2 Å². The fourth-order valence-electron chi connectivity index (χ4n) is 5.84. The maximum absolute atomic E-state index is 13.5. The van der Waals surface area contributed by atoms with Crippen molar-refractivity contribution >= 4 is 11.8 Å². The topological polar surface area (TPSA) is 129 Å². The standard InChI is InChI=1S/C28H38N2O7/c1-16(2)11-23(33)30(18-7-5-4-6-8-18)21-14-20(28(35)29-9-10-31)24-19-12-17(15-32)13-22(36-3)26(19)37-27(24)25(21)34/h11-14,18,21,24-25,27,31-32,34H,4-10,15H2,1-3H3,(H,29,35). The lowest BCUT2D eigenvalue weighted by atomic mass is 9.76. The zero-order valence-electron chi connectivity index (χ0n) is 21.8. The summed E-state index contributed by atoms with van der Waals surface area (Å²) in [4.78, 5) is 28.7. The van der Waals surface area contributed by atoms with Gasteiger partial charge >= 0.3 is 0 Å². The summed E-state index contributed by atoms with van der Waals surface area (Å²) >= 11 is 0. The monoisotopic (exact) mass is 514 g/mol. The van der Waals surface area contributed by atoms with Crippen molar-refractivity contribution in [2.75, 3.05) is 20.3 Å². The van der Waals surface area contributed by atoms with Gasteiger partial charge in [0.2, 0.25) is 11.8 Å². The molecule has 1 aliphatic heterocycles. The number of carbonyl (C=O) groups excluding carboxylic acids is 2. The lowest BCUT2D eigenvalue weighted by molar-refractivity contribution is -0.136. The van der Waals surface area contributed by atoms with E-state index in [4.69, 9.17) is 9.47 Å². The highest BCUT2D eigenvalue weighted by Crippen LogP contribution is 2.51. The second-order valence-corrected chi connectivity index (χ2v) is 10.3. The SMILES string of the molecule is COc1cc(CO)cc2c1OC1C2C(C(=O)NCCO)=CC(N(C(=O)C=C(C)C)C2CCCCC2)C1O. The smallest absolute Gasteiger partial charge is 0.247 e. The minimum absolute atomic E-state index is 0.0645. The van der Waals surface area contributed by atoms with Crippen LogP contribution in [0.2, 0.25) is 0 Å². The van der Waals surface area contributed by atoms with Crippen LogP contribution in [0.3, 0.4) is 0 Å². The Morgan fingerprint density at radius 1 is 1.19 bits per heavy atom. The van der Waals surface area contributed by atoms with Crippen LogP contribution in [-0.2, 0) is 16.2 Å². The van der Waals surface area contributed by atoms with E-state index < -0.39 is 30.1 Å². The van der Waals surface area contributed by atoms with Crippen LogP contribution >= 0.6 is 0 Å². The molecular weight excluding hydrogens is 476 g/mol. The fourth-order valence-corrected chi connectivity index (χ4v) is 5.84. The first kappa shape index (κ1) is 27.2. The number of benzene rings is 1. The van der Waals surface area contributed by atoms with Gasteiger partial charge in [-0.05, 0) is 50.5 Å². The molecule has 1 fully saturated rings. The molecule has 1 heterocycles. The van der Waals surface area contributed by atoms with Crippen LogP contribution < -0.4 is 14.8 Å². The number of ether oxygens (including phenoxy) is 2. The summed E-state index contributed by atoms with van der Waals surface area (Å²) in [7, 11) is 1.49. The van der Waals surface area contributed by atoms with Crippen LogP contribution in [0, 0.1) is 0 Å². The first-order chi connectivity index (χ1) is 17.8. The molecule has 4 N–H and O–H groups in total. The second kappa shape index (κ2) is 11.7. The maximum Gasteiger partial charge on any atom is 0.247 e. The molecule has 37 heavy (non-hydrogen) atoms. The summed E-state index contributed by atoms with van der Waals surface area (Å²) in [5, 5.41) is 33.5. The molecule has 1 saturated carbocycles. The van der Waals surface area contributed by atoms with Gasteiger partial charge in [0.05, 0.1) is 32.3 Å². The number of nitrogens with zero attached hydrogens (tertiary/aromatic N) is 1. The van der Waals surface area contributed by atoms with Crippen LogP contribution in [0.5, 0.6) is 11.5 Å². The van der Waals surface area contributed by atoms with Gasteiger partial charge in [0.1, 0.15) is 12.2 Å². The van der Waals surface area contributed by atoms with E-state index in [9.17, 15) is 24.9 Å². The van der Waals surface area contributed by atoms with E-state index in [1.165, 1.54) is 7.11 Å². The summed E-state index contributed by atoms with van der Waals surface area (Å²) in [5.41, 5.74) is 2.44. The van der Waals surface area contributed by atoms with Crippen LogP contribution in [0.4, 0.5) is 0 Å². The average Bonchev–Trinajstić information content (AvgIpc) is 3.28. The molecule has 2 aliphatic carbocycles. The largest absolute Gasteiger partial charge is 0.493 e. The molecule has 1 aromatic rings. The van der Waals surface area contributed by atoms with Gasteiger partial charge < -0.3 is 35.0 Å². The summed E-state index contributed by atoms with van der Waals surface area (Å²) in [5.74, 6) is -0.415. The summed E-state index contributed by atoms with van der Waals surface area (Å²) in [6, 6.07) is 2.59. The van der Waals surface area contributed by atoms with Crippen molar-refractivity contribution in [2.45, 2.75) is 82.8 Å². The van der Waals surface area contributed by atoms with Crippen molar-refractivity contribution in [3.63, 3.8) is 0 Å². The van der Waals surface area contributed by atoms with E-state index in [2.05, 4.69) is 5.32 Å². The number of hydrogen-bond acceptors (Lipinski definition) is 7. The number of hydrogen-bond donors (Lipinski definition) is 4. The van der Waals surface area contributed by atoms with Crippen LogP contribution in [-0.4, -0.2) is 76.6 Å². The normalized spacial score (nSPS) is 24.8. The zero-order chi connectivity index (χ0) is 26.7. The van der Waals surface area contributed by atoms with Crippen molar-refractivity contribution in [1.29, 1.82) is 0 Å². The Hall–Kier alpha value is -2.88. The number of carbonyl (C=O) groups is 2. The van der Waals surface area contributed by atoms with Crippen LogP contribution in [0.15, 0.2) is 35.4 Å². The number of aliphatic hydroxyl groups is 3. The van der Waals surface area contributed by atoms with Crippen molar-refractivity contribution in [3.05, 3.63) is 46.6 Å². The van der Waals surface area contributed by atoms with Gasteiger partial charge in [-0.2, -0.15) is 0 Å². The summed E-state index contributed by atoms with van der Waals surface area (Å²) < 4.78 is 11.8. The molecule has 0 radical (unpaired) electrons. The molecule has 4 atom stereocenters. The molecule has 3 aliphatic rings. The Labute approximate surface area is 217 Å². The quantitative estimate of drug-likeness (QED) is 0.390. The lowest BCUT2D eigenvalue weighted by Crippen LogP contribution is -2.58. The van der Waals surface area contributed by atoms with Crippen LogP contribution in [0.1, 0.15) is 63.0 Å². The van der Waals surface area contributed by atoms with Gasteiger partial charge in [0.15, 0.2) is 11.5 Å². The summed E-state index contributed by atoms with van der Waals surface area (Å²) in [6.45, 7) is 3.33. The lowest BCUT2D eigenvalue weighted by Gasteiger charge is -2.44. The average molecular weight is 515 g/mol. The Bertz CT molecular complexity index is 1070. The molecule has 0 bridgehead atoms. The third-order valence-corrected chi connectivity index (χ3v) is 7.45. The molecule has 1 aromatic carbocycles. The maximum atomic E-state index is 13.5. The Balaban J connectivity index is 1.83. The molecular formula is C28H38N2O7. The molecule has 0 spiro atoms. The number of rotatable bonds is 8. The number of allylic oxidation sites excluding steroid dienone is 1. The summed E-state index contributed by atoms with van der Waals surface area (Å²) in [6.07, 6.45) is 6.08. The highest BCUT2D eigenvalue weighted by Gasteiger charge is 2.52. The van der Waals surface area contributed by atoms with Gasteiger partial charge in [0, 0.05) is 29.8 Å². The van der Waals surface area contributed by atoms with E-state index in [-0.39, 0.29) is 31.7 Å². The molecule has 4 rings (SSSR count). The third kappa shape index (κ3) is 5.39. The Kier molecular flexibility index (Phi) is 8.56.